The van der Waals surface area contributed by atoms with Gasteiger partial charge in [-0.25, -0.2) is 0 Å². The molecular weight excluding hydrogens is 212 g/mol. The van der Waals surface area contributed by atoms with Gasteiger partial charge in [-0.2, -0.15) is 0 Å². The van der Waals surface area contributed by atoms with Crippen molar-refractivity contribution in [1.82, 2.24) is 0 Å². The van der Waals surface area contributed by atoms with Crippen LogP contribution in [-0.4, -0.2) is 11.8 Å². The van der Waals surface area contributed by atoms with Crippen LogP contribution in [0.1, 0.15) is 35.3 Å². The number of benzene rings is 1. The van der Waals surface area contributed by atoms with Gasteiger partial charge >= 0.3 is 0 Å². The van der Waals surface area contributed by atoms with Crippen LogP contribution < -0.4 is 4.74 Å². The quantitative estimate of drug-likeness (QED) is 0.737. The molecule has 0 atom stereocenters. The summed E-state index contributed by atoms with van der Waals surface area (Å²) in [5.74, 6) is 0.606. The van der Waals surface area contributed by atoms with Crippen molar-refractivity contribution in [1.29, 1.82) is 0 Å². The highest BCUT2D eigenvalue weighted by Crippen LogP contribution is 2.27. The fourth-order valence-electron chi connectivity index (χ4n) is 1.53. The molecule has 2 nitrogen and oxygen atoms in total. The van der Waals surface area contributed by atoms with Crippen LogP contribution in [0.2, 0.25) is 0 Å². The van der Waals surface area contributed by atoms with E-state index >= 15 is 0 Å². The van der Waals surface area contributed by atoms with Crippen LogP contribution in [0.15, 0.2) is 12.1 Å². The van der Waals surface area contributed by atoms with Crippen LogP contribution in [-0.2, 0) is 6.42 Å². The molecule has 1 rings (SSSR count). The van der Waals surface area contributed by atoms with Crippen molar-refractivity contribution in [2.24, 2.45) is 0 Å². The zero-order chi connectivity index (χ0) is 11.4. The summed E-state index contributed by atoms with van der Waals surface area (Å²) in [6.07, 6.45) is 0.879. The Kier molecular flexibility index (Phi) is 4.15. The number of carbonyl (C=O) groups is 1. The van der Waals surface area contributed by atoms with E-state index in [0.29, 0.717) is 17.9 Å². The maximum Gasteiger partial charge on any atom is 0.256 e. The third-order valence-corrected chi connectivity index (χ3v) is 2.45. The Balaban J connectivity index is 3.28. The maximum absolute atomic E-state index is 11.2. The molecule has 0 saturated heterocycles. The van der Waals surface area contributed by atoms with Crippen molar-refractivity contribution >= 4 is 16.8 Å². The van der Waals surface area contributed by atoms with E-state index in [0.717, 1.165) is 17.5 Å². The first-order chi connectivity index (χ1) is 7.10. The molecule has 1 aromatic carbocycles. The number of halogens is 1. The molecule has 0 heterocycles. The summed E-state index contributed by atoms with van der Waals surface area (Å²) >= 11 is 5.53. The number of hydrogen-bond donors (Lipinski definition) is 0. The van der Waals surface area contributed by atoms with E-state index in [9.17, 15) is 4.79 Å². The van der Waals surface area contributed by atoms with Gasteiger partial charge in [0.15, 0.2) is 0 Å². The van der Waals surface area contributed by atoms with E-state index in [4.69, 9.17) is 16.3 Å². The van der Waals surface area contributed by atoms with Gasteiger partial charge in [0.1, 0.15) is 5.75 Å². The lowest BCUT2D eigenvalue weighted by molar-refractivity contribution is 0.107. The molecule has 0 unspecified atom stereocenters. The van der Waals surface area contributed by atoms with Crippen LogP contribution in [0.4, 0.5) is 0 Å². The highest BCUT2D eigenvalue weighted by Gasteiger charge is 2.13. The predicted molar refractivity (Wildman–Crippen MR) is 61.9 cm³/mol. The molecule has 3 heteroatoms. The molecular formula is C12H15ClO2. The van der Waals surface area contributed by atoms with Crippen LogP contribution in [0.3, 0.4) is 0 Å². The summed E-state index contributed by atoms with van der Waals surface area (Å²) in [7, 11) is 0. The predicted octanol–water partition coefficient (Wildman–Crippen LogP) is 3.34. The van der Waals surface area contributed by atoms with E-state index < -0.39 is 5.24 Å². The second-order valence-corrected chi connectivity index (χ2v) is 3.69. The summed E-state index contributed by atoms with van der Waals surface area (Å²) in [4.78, 5) is 11.2. The standard InChI is InChI=1S/C12H15ClO2/c1-4-9-6-8(3)11(15-5-2)10(7-9)12(13)14/h6-7H,4-5H2,1-3H3. The molecule has 0 aromatic heterocycles. The van der Waals surface area contributed by atoms with E-state index in [1.165, 1.54) is 0 Å². The van der Waals surface area contributed by atoms with Crippen molar-refractivity contribution < 1.29 is 9.53 Å². The minimum atomic E-state index is -0.461. The molecule has 0 N–H and O–H groups in total. The third-order valence-electron chi connectivity index (χ3n) is 2.24. The molecule has 0 saturated carbocycles. The average molecular weight is 227 g/mol. The lowest BCUT2D eigenvalue weighted by atomic mass is 10.0. The molecule has 0 fully saturated rings. The van der Waals surface area contributed by atoms with E-state index in [-0.39, 0.29) is 0 Å². The molecule has 0 aliphatic rings. The summed E-state index contributed by atoms with van der Waals surface area (Å²) in [5, 5.41) is -0.461. The SMILES string of the molecule is CCOc1c(C)cc(CC)cc1C(=O)Cl. The fourth-order valence-corrected chi connectivity index (χ4v) is 1.68. The highest BCUT2D eigenvalue weighted by molar-refractivity contribution is 6.68. The van der Waals surface area contributed by atoms with E-state index in [1.807, 2.05) is 26.8 Å². The van der Waals surface area contributed by atoms with Gasteiger partial charge in [-0.15, -0.1) is 0 Å². The highest BCUT2D eigenvalue weighted by atomic mass is 35.5. The van der Waals surface area contributed by atoms with Crippen LogP contribution in [0.5, 0.6) is 5.75 Å². The van der Waals surface area contributed by atoms with Gasteiger partial charge < -0.3 is 4.74 Å². The smallest absolute Gasteiger partial charge is 0.256 e. The van der Waals surface area contributed by atoms with Crippen molar-refractivity contribution in [2.45, 2.75) is 27.2 Å². The lowest BCUT2D eigenvalue weighted by Gasteiger charge is -2.12. The number of ether oxygens (including phenoxy) is 1. The van der Waals surface area contributed by atoms with Gasteiger partial charge in [0, 0.05) is 0 Å². The van der Waals surface area contributed by atoms with Crippen LogP contribution >= 0.6 is 11.6 Å². The topological polar surface area (TPSA) is 26.3 Å². The Morgan fingerprint density at radius 3 is 2.53 bits per heavy atom. The van der Waals surface area contributed by atoms with Gasteiger partial charge in [-0.05, 0) is 49.1 Å². The Bertz CT molecular complexity index is 372. The van der Waals surface area contributed by atoms with E-state index in [1.54, 1.807) is 6.07 Å². The minimum Gasteiger partial charge on any atom is -0.493 e. The number of carbonyl (C=O) groups excluding carboxylic acids is 1. The van der Waals surface area contributed by atoms with Crippen LogP contribution in [0.25, 0.3) is 0 Å². The zero-order valence-corrected chi connectivity index (χ0v) is 10.0. The first-order valence-corrected chi connectivity index (χ1v) is 5.44. The van der Waals surface area contributed by atoms with Crippen LogP contribution in [0, 0.1) is 6.92 Å². The molecule has 0 aliphatic heterocycles. The second-order valence-electron chi connectivity index (χ2n) is 3.35. The maximum atomic E-state index is 11.2. The normalized spacial score (nSPS) is 10.1. The number of hydrogen-bond acceptors (Lipinski definition) is 2. The third kappa shape index (κ3) is 2.72. The average Bonchev–Trinajstić information content (AvgIpc) is 2.20. The fraction of sp³-hybridized carbons (Fsp3) is 0.417. The Morgan fingerprint density at radius 2 is 2.07 bits per heavy atom. The first kappa shape index (κ1) is 12.1. The Hall–Kier alpha value is -1.02. The molecule has 0 radical (unpaired) electrons. The molecule has 0 aliphatic carbocycles. The van der Waals surface area contributed by atoms with Gasteiger partial charge in [0.25, 0.3) is 5.24 Å². The van der Waals surface area contributed by atoms with Crippen molar-refractivity contribution in [3.63, 3.8) is 0 Å². The number of aryl methyl sites for hydroxylation is 2. The summed E-state index contributed by atoms with van der Waals surface area (Å²) < 4.78 is 5.42. The van der Waals surface area contributed by atoms with E-state index in [2.05, 4.69) is 0 Å². The zero-order valence-electron chi connectivity index (χ0n) is 9.26. The second kappa shape index (κ2) is 5.17. The molecule has 0 amide bonds. The molecule has 0 spiro atoms. The molecule has 0 bridgehead atoms. The summed E-state index contributed by atoms with van der Waals surface area (Å²) in [5.41, 5.74) is 2.52. The molecule has 82 valence electrons. The van der Waals surface area contributed by atoms with Gasteiger partial charge in [0.05, 0.1) is 12.2 Å². The van der Waals surface area contributed by atoms with Crippen molar-refractivity contribution in [2.75, 3.05) is 6.61 Å². The Morgan fingerprint density at radius 1 is 1.40 bits per heavy atom. The van der Waals surface area contributed by atoms with Crippen molar-refractivity contribution in [3.8, 4) is 5.75 Å². The van der Waals surface area contributed by atoms with Gasteiger partial charge in [-0.1, -0.05) is 13.0 Å². The molecule has 15 heavy (non-hydrogen) atoms. The Labute approximate surface area is 95.2 Å². The van der Waals surface area contributed by atoms with Gasteiger partial charge in [-0.3, -0.25) is 4.79 Å². The van der Waals surface area contributed by atoms with Crippen molar-refractivity contribution in [3.05, 3.63) is 28.8 Å². The minimum absolute atomic E-state index is 0.461. The lowest BCUT2D eigenvalue weighted by Crippen LogP contribution is -2.02. The monoisotopic (exact) mass is 226 g/mol. The summed E-state index contributed by atoms with van der Waals surface area (Å²) in [6, 6.07) is 3.82. The number of rotatable bonds is 4. The van der Waals surface area contributed by atoms with Gasteiger partial charge in [0.2, 0.25) is 0 Å². The summed E-state index contributed by atoms with van der Waals surface area (Å²) in [6.45, 7) is 6.38. The largest absolute Gasteiger partial charge is 0.493 e. The molecule has 1 aromatic rings. The first-order valence-electron chi connectivity index (χ1n) is 5.06.